The van der Waals surface area contributed by atoms with Crippen LogP contribution in [0.2, 0.25) is 5.02 Å². The Morgan fingerprint density at radius 1 is 1.33 bits per heavy atom. The number of nitrogens with one attached hydrogen (secondary N) is 1. The Bertz CT molecular complexity index is 603. The lowest BCUT2D eigenvalue weighted by atomic mass is 10.1. The Morgan fingerprint density at radius 2 is 2.14 bits per heavy atom. The minimum absolute atomic E-state index is 0.0389. The third kappa shape index (κ3) is 4.60. The molecular formula is C16H19ClN2O2. The number of amides is 1. The predicted octanol–water partition coefficient (Wildman–Crippen LogP) is 3.24. The highest BCUT2D eigenvalue weighted by molar-refractivity contribution is 6.30. The molecule has 2 aromatic rings. The highest BCUT2D eigenvalue weighted by Crippen LogP contribution is 2.14. The summed E-state index contributed by atoms with van der Waals surface area (Å²) < 4.78 is 5.08. The number of hydrogen-bond acceptors (Lipinski definition) is 3. The average Bonchev–Trinajstić information content (AvgIpc) is 2.76. The molecule has 1 N–H and O–H groups in total. The zero-order valence-electron chi connectivity index (χ0n) is 12.3. The van der Waals surface area contributed by atoms with Crippen molar-refractivity contribution in [3.05, 3.63) is 51.9 Å². The molecule has 0 unspecified atom stereocenters. The van der Waals surface area contributed by atoms with Crippen LogP contribution in [0.25, 0.3) is 0 Å². The summed E-state index contributed by atoms with van der Waals surface area (Å²) in [4.78, 5) is 11.8. The van der Waals surface area contributed by atoms with Crippen molar-refractivity contribution in [3.8, 4) is 0 Å². The zero-order chi connectivity index (χ0) is 15.2. The molecule has 2 rings (SSSR count). The summed E-state index contributed by atoms with van der Waals surface area (Å²) in [6, 6.07) is 7.67. The first-order chi connectivity index (χ1) is 10.1. The quantitative estimate of drug-likeness (QED) is 0.891. The third-order valence-corrected chi connectivity index (χ3v) is 3.64. The van der Waals surface area contributed by atoms with Crippen LogP contribution in [-0.4, -0.2) is 17.6 Å². The van der Waals surface area contributed by atoms with E-state index in [1.54, 1.807) is 0 Å². The minimum Gasteiger partial charge on any atom is -0.361 e. The molecule has 1 amide bonds. The van der Waals surface area contributed by atoms with Gasteiger partial charge in [0.05, 0.1) is 5.69 Å². The molecule has 0 aliphatic rings. The maximum absolute atomic E-state index is 11.8. The monoisotopic (exact) mass is 306 g/mol. The molecular weight excluding hydrogens is 288 g/mol. The number of halogens is 1. The second-order valence-electron chi connectivity index (χ2n) is 5.03. The average molecular weight is 307 g/mol. The van der Waals surface area contributed by atoms with Crippen LogP contribution in [0.1, 0.15) is 29.0 Å². The van der Waals surface area contributed by atoms with Gasteiger partial charge < -0.3 is 9.84 Å². The van der Waals surface area contributed by atoms with Crippen molar-refractivity contribution in [2.75, 3.05) is 6.54 Å². The van der Waals surface area contributed by atoms with Gasteiger partial charge in [-0.05, 0) is 44.4 Å². The van der Waals surface area contributed by atoms with Crippen LogP contribution in [-0.2, 0) is 17.6 Å². The molecule has 1 aromatic heterocycles. The summed E-state index contributed by atoms with van der Waals surface area (Å²) in [5, 5.41) is 7.52. The van der Waals surface area contributed by atoms with Gasteiger partial charge in [0, 0.05) is 23.6 Å². The highest BCUT2D eigenvalue weighted by Gasteiger charge is 2.10. The van der Waals surface area contributed by atoms with E-state index in [1.807, 2.05) is 38.1 Å². The second kappa shape index (κ2) is 7.27. The topological polar surface area (TPSA) is 55.1 Å². The fourth-order valence-corrected chi connectivity index (χ4v) is 2.44. The first-order valence-electron chi connectivity index (χ1n) is 6.99. The van der Waals surface area contributed by atoms with Crippen LogP contribution < -0.4 is 5.32 Å². The van der Waals surface area contributed by atoms with Gasteiger partial charge in [-0.25, -0.2) is 0 Å². The summed E-state index contributed by atoms with van der Waals surface area (Å²) in [7, 11) is 0. The SMILES string of the molecule is Cc1noc(C)c1CCC(=O)NCCc1cccc(Cl)c1. The van der Waals surface area contributed by atoms with Crippen molar-refractivity contribution in [1.29, 1.82) is 0 Å². The molecule has 0 atom stereocenters. The van der Waals surface area contributed by atoms with Crippen molar-refractivity contribution in [2.24, 2.45) is 0 Å². The summed E-state index contributed by atoms with van der Waals surface area (Å²) in [6.45, 7) is 4.37. The summed E-state index contributed by atoms with van der Waals surface area (Å²) in [5.41, 5.74) is 3.01. The van der Waals surface area contributed by atoms with E-state index < -0.39 is 0 Å². The Labute approximate surface area is 129 Å². The molecule has 0 aliphatic heterocycles. The van der Waals surface area contributed by atoms with E-state index in [0.717, 1.165) is 34.0 Å². The van der Waals surface area contributed by atoms with E-state index in [9.17, 15) is 4.79 Å². The first kappa shape index (κ1) is 15.6. The lowest BCUT2D eigenvalue weighted by Crippen LogP contribution is -2.25. The van der Waals surface area contributed by atoms with Gasteiger partial charge in [0.25, 0.3) is 0 Å². The number of aryl methyl sites for hydroxylation is 2. The van der Waals surface area contributed by atoms with Crippen molar-refractivity contribution in [1.82, 2.24) is 10.5 Å². The number of hydrogen-bond donors (Lipinski definition) is 1. The highest BCUT2D eigenvalue weighted by atomic mass is 35.5. The molecule has 0 saturated carbocycles. The van der Waals surface area contributed by atoms with Gasteiger partial charge in [0.2, 0.25) is 5.91 Å². The van der Waals surface area contributed by atoms with Crippen molar-refractivity contribution in [2.45, 2.75) is 33.1 Å². The van der Waals surface area contributed by atoms with Crippen LogP contribution >= 0.6 is 11.6 Å². The van der Waals surface area contributed by atoms with Gasteiger partial charge in [0.1, 0.15) is 5.76 Å². The van der Waals surface area contributed by atoms with E-state index in [-0.39, 0.29) is 5.91 Å². The molecule has 0 saturated heterocycles. The number of benzene rings is 1. The maximum Gasteiger partial charge on any atom is 0.220 e. The molecule has 0 spiro atoms. The predicted molar refractivity (Wildman–Crippen MR) is 82.5 cm³/mol. The fourth-order valence-electron chi connectivity index (χ4n) is 2.22. The van der Waals surface area contributed by atoms with E-state index >= 15 is 0 Å². The van der Waals surface area contributed by atoms with E-state index in [4.69, 9.17) is 16.1 Å². The normalized spacial score (nSPS) is 10.6. The van der Waals surface area contributed by atoms with Crippen LogP contribution in [0.15, 0.2) is 28.8 Å². The molecule has 4 nitrogen and oxygen atoms in total. The number of aromatic nitrogens is 1. The van der Waals surface area contributed by atoms with Gasteiger partial charge in [-0.2, -0.15) is 0 Å². The summed E-state index contributed by atoms with van der Waals surface area (Å²) in [5.74, 6) is 0.830. The van der Waals surface area contributed by atoms with E-state index in [2.05, 4.69) is 10.5 Å². The van der Waals surface area contributed by atoms with Gasteiger partial charge in [-0.3, -0.25) is 4.79 Å². The van der Waals surface area contributed by atoms with E-state index in [1.165, 1.54) is 0 Å². The van der Waals surface area contributed by atoms with Crippen LogP contribution in [0.4, 0.5) is 0 Å². The largest absolute Gasteiger partial charge is 0.361 e. The van der Waals surface area contributed by atoms with Crippen molar-refractivity contribution < 1.29 is 9.32 Å². The third-order valence-electron chi connectivity index (χ3n) is 3.41. The van der Waals surface area contributed by atoms with Crippen LogP contribution in [0, 0.1) is 13.8 Å². The maximum atomic E-state index is 11.8. The lowest BCUT2D eigenvalue weighted by Gasteiger charge is -2.06. The van der Waals surface area contributed by atoms with E-state index in [0.29, 0.717) is 19.4 Å². The molecule has 1 aromatic carbocycles. The minimum atomic E-state index is 0.0389. The van der Waals surface area contributed by atoms with Crippen molar-refractivity contribution in [3.63, 3.8) is 0 Å². The molecule has 0 bridgehead atoms. The Hall–Kier alpha value is -1.81. The molecule has 0 aliphatic carbocycles. The molecule has 112 valence electrons. The standard InChI is InChI=1S/C16H19ClN2O2/c1-11-15(12(2)21-19-11)6-7-16(20)18-9-8-13-4-3-5-14(17)10-13/h3-5,10H,6-9H2,1-2H3,(H,18,20). The van der Waals surface area contributed by atoms with Crippen LogP contribution in [0.3, 0.4) is 0 Å². The fraction of sp³-hybridized carbons (Fsp3) is 0.375. The van der Waals surface area contributed by atoms with Gasteiger partial charge in [-0.1, -0.05) is 28.9 Å². The molecule has 0 radical (unpaired) electrons. The second-order valence-corrected chi connectivity index (χ2v) is 5.47. The summed E-state index contributed by atoms with van der Waals surface area (Å²) in [6.07, 6.45) is 1.88. The Kier molecular flexibility index (Phi) is 5.39. The first-order valence-corrected chi connectivity index (χ1v) is 7.37. The number of nitrogens with zero attached hydrogens (tertiary/aromatic N) is 1. The Morgan fingerprint density at radius 3 is 2.81 bits per heavy atom. The molecule has 5 heteroatoms. The Balaban J connectivity index is 1.73. The zero-order valence-corrected chi connectivity index (χ0v) is 13.0. The number of carbonyl (C=O) groups is 1. The van der Waals surface area contributed by atoms with Gasteiger partial charge in [0.15, 0.2) is 0 Å². The smallest absolute Gasteiger partial charge is 0.220 e. The lowest BCUT2D eigenvalue weighted by molar-refractivity contribution is -0.121. The van der Waals surface area contributed by atoms with Crippen molar-refractivity contribution >= 4 is 17.5 Å². The molecule has 0 fully saturated rings. The number of rotatable bonds is 6. The van der Waals surface area contributed by atoms with Gasteiger partial charge in [-0.15, -0.1) is 0 Å². The summed E-state index contributed by atoms with van der Waals surface area (Å²) >= 11 is 5.92. The number of carbonyl (C=O) groups excluding carboxylic acids is 1. The molecule has 1 heterocycles. The van der Waals surface area contributed by atoms with Crippen LogP contribution in [0.5, 0.6) is 0 Å². The van der Waals surface area contributed by atoms with Gasteiger partial charge >= 0.3 is 0 Å². The molecule has 21 heavy (non-hydrogen) atoms.